The highest BCUT2D eigenvalue weighted by molar-refractivity contribution is 7.13. The van der Waals surface area contributed by atoms with E-state index in [0.29, 0.717) is 16.4 Å². The molecule has 0 bridgehead atoms. The molecule has 36 heavy (non-hydrogen) atoms. The van der Waals surface area contributed by atoms with E-state index in [1.807, 2.05) is 12.3 Å². The third kappa shape index (κ3) is 5.29. The minimum atomic E-state index is -0.698. The van der Waals surface area contributed by atoms with Crippen molar-refractivity contribution in [2.45, 2.75) is 26.9 Å². The van der Waals surface area contributed by atoms with Gasteiger partial charge in [0.25, 0.3) is 17.7 Å². The molecule has 0 spiro atoms. The number of thiazole rings is 1. The summed E-state index contributed by atoms with van der Waals surface area (Å²) in [6.07, 6.45) is -0.277. The lowest BCUT2D eigenvalue weighted by Gasteiger charge is -2.16. The number of carbonyl (C=O) groups excluding carboxylic acids is 4. The maximum absolute atomic E-state index is 13.0. The number of esters is 1. The molecule has 184 valence electrons. The van der Waals surface area contributed by atoms with E-state index in [1.54, 1.807) is 38.1 Å². The maximum Gasteiger partial charge on any atom is 0.338 e. The van der Waals surface area contributed by atoms with E-state index >= 15 is 0 Å². The number of nitrogens with one attached hydrogen (secondary N) is 2. The van der Waals surface area contributed by atoms with Crippen LogP contribution < -0.4 is 15.5 Å². The summed E-state index contributed by atoms with van der Waals surface area (Å²) in [6.45, 7) is 5.31. The molecule has 0 saturated carbocycles. The molecule has 1 aliphatic rings. The van der Waals surface area contributed by atoms with E-state index in [-0.39, 0.29) is 34.0 Å². The summed E-state index contributed by atoms with van der Waals surface area (Å²) < 4.78 is 5.14. The van der Waals surface area contributed by atoms with Gasteiger partial charge in [-0.05, 0) is 69.3 Å². The highest BCUT2D eigenvalue weighted by atomic mass is 35.5. The number of carbonyl (C=O) groups is 4. The second kappa shape index (κ2) is 10.3. The normalized spacial score (nSPS) is 13.4. The number of hydrogen-bond donors (Lipinski definition) is 2. The van der Waals surface area contributed by atoms with Crippen LogP contribution >= 0.6 is 22.9 Å². The Bertz CT molecular complexity index is 1380. The summed E-state index contributed by atoms with van der Waals surface area (Å²) in [5.41, 5.74) is 2.11. The van der Waals surface area contributed by atoms with Crippen molar-refractivity contribution in [1.82, 2.24) is 4.98 Å². The molecule has 1 aliphatic heterocycles. The SMILES string of the molecule is Cc1csc(NC(=O)c2ccc(NC3=C(Cl)C(=O)N(c4ccc(C(=O)OC(C)C)cc4)C3=O)cc2)n1. The van der Waals surface area contributed by atoms with Crippen molar-refractivity contribution in [2.75, 3.05) is 15.5 Å². The highest BCUT2D eigenvalue weighted by Gasteiger charge is 2.39. The minimum absolute atomic E-state index is 0.0968. The molecule has 3 amide bonds. The van der Waals surface area contributed by atoms with Gasteiger partial charge in [0.05, 0.1) is 23.0 Å². The van der Waals surface area contributed by atoms with Gasteiger partial charge in [0.15, 0.2) is 5.13 Å². The molecule has 0 aliphatic carbocycles. The van der Waals surface area contributed by atoms with Crippen molar-refractivity contribution in [3.8, 4) is 0 Å². The molecule has 0 saturated heterocycles. The fourth-order valence-electron chi connectivity index (χ4n) is 3.30. The molecular weight excluding hydrogens is 504 g/mol. The Labute approximate surface area is 215 Å². The fraction of sp³-hybridized carbons (Fsp3) is 0.160. The van der Waals surface area contributed by atoms with Gasteiger partial charge in [-0.3, -0.25) is 19.7 Å². The van der Waals surface area contributed by atoms with Crippen molar-refractivity contribution >= 4 is 63.1 Å². The quantitative estimate of drug-likeness (QED) is 0.339. The zero-order valence-electron chi connectivity index (χ0n) is 19.5. The zero-order chi connectivity index (χ0) is 26.0. The Morgan fingerprint density at radius 1 is 1.00 bits per heavy atom. The lowest BCUT2D eigenvalue weighted by atomic mass is 10.2. The maximum atomic E-state index is 13.0. The number of hydrogen-bond acceptors (Lipinski definition) is 8. The second-order valence-corrected chi connectivity index (χ2v) is 9.32. The summed E-state index contributed by atoms with van der Waals surface area (Å²) >= 11 is 7.52. The molecule has 2 heterocycles. The molecule has 2 aromatic carbocycles. The van der Waals surface area contributed by atoms with Crippen LogP contribution in [0.3, 0.4) is 0 Å². The lowest BCUT2D eigenvalue weighted by molar-refractivity contribution is -0.120. The number of amides is 3. The molecule has 0 fully saturated rings. The summed E-state index contributed by atoms with van der Waals surface area (Å²) in [4.78, 5) is 55.3. The van der Waals surface area contributed by atoms with Crippen LogP contribution in [0.4, 0.5) is 16.5 Å². The monoisotopic (exact) mass is 524 g/mol. The van der Waals surface area contributed by atoms with Gasteiger partial charge in [0.2, 0.25) is 0 Å². The van der Waals surface area contributed by atoms with Crippen molar-refractivity contribution in [3.63, 3.8) is 0 Å². The van der Waals surface area contributed by atoms with Crippen LogP contribution in [-0.2, 0) is 14.3 Å². The van der Waals surface area contributed by atoms with Gasteiger partial charge < -0.3 is 10.1 Å². The molecule has 0 radical (unpaired) electrons. The van der Waals surface area contributed by atoms with Crippen LogP contribution in [0.15, 0.2) is 64.6 Å². The van der Waals surface area contributed by atoms with Gasteiger partial charge >= 0.3 is 5.97 Å². The molecule has 4 rings (SSSR count). The number of imide groups is 1. The molecule has 2 N–H and O–H groups in total. The van der Waals surface area contributed by atoms with Crippen LogP contribution in [0, 0.1) is 6.92 Å². The summed E-state index contributed by atoms with van der Waals surface area (Å²) in [5, 5.41) is 7.63. The second-order valence-electron chi connectivity index (χ2n) is 8.09. The first-order chi connectivity index (χ1) is 17.1. The Morgan fingerprint density at radius 2 is 1.64 bits per heavy atom. The molecule has 0 atom stereocenters. The van der Waals surface area contributed by atoms with Crippen LogP contribution in [0.5, 0.6) is 0 Å². The number of anilines is 3. The predicted molar refractivity (Wildman–Crippen MR) is 137 cm³/mol. The Kier molecular flexibility index (Phi) is 7.18. The van der Waals surface area contributed by atoms with Gasteiger partial charge in [0, 0.05) is 16.6 Å². The number of aromatic nitrogens is 1. The fourth-order valence-corrected chi connectivity index (χ4v) is 4.20. The van der Waals surface area contributed by atoms with Crippen molar-refractivity contribution in [3.05, 3.63) is 81.5 Å². The molecule has 9 nitrogen and oxygen atoms in total. The molecule has 0 unspecified atom stereocenters. The number of benzene rings is 2. The van der Waals surface area contributed by atoms with Gasteiger partial charge in [-0.1, -0.05) is 11.6 Å². The number of ether oxygens (including phenoxy) is 1. The molecular formula is C25H21ClN4O5S. The summed E-state index contributed by atoms with van der Waals surface area (Å²) in [7, 11) is 0. The molecule has 3 aromatic rings. The third-order valence-electron chi connectivity index (χ3n) is 4.99. The first kappa shape index (κ1) is 25.1. The average molecular weight is 525 g/mol. The van der Waals surface area contributed by atoms with Gasteiger partial charge in [-0.15, -0.1) is 11.3 Å². The Morgan fingerprint density at radius 3 is 2.22 bits per heavy atom. The highest BCUT2D eigenvalue weighted by Crippen LogP contribution is 2.30. The average Bonchev–Trinajstić information content (AvgIpc) is 3.34. The van der Waals surface area contributed by atoms with E-state index in [4.69, 9.17) is 16.3 Å². The van der Waals surface area contributed by atoms with Crippen molar-refractivity contribution < 1.29 is 23.9 Å². The standard InChI is InChI=1S/C25H21ClN4O5S/c1-13(2)35-24(34)16-6-10-18(11-7-16)30-22(32)19(26)20(23(30)33)28-17-8-4-15(5-9-17)21(31)29-25-27-14(3)12-36-25/h4-13,28H,1-3H3,(H,27,29,31). The molecule has 11 heteroatoms. The van der Waals surface area contributed by atoms with Crippen molar-refractivity contribution in [2.24, 2.45) is 0 Å². The van der Waals surface area contributed by atoms with E-state index < -0.39 is 17.8 Å². The number of rotatable bonds is 7. The third-order valence-corrected chi connectivity index (χ3v) is 6.21. The first-order valence-electron chi connectivity index (χ1n) is 10.8. The van der Waals surface area contributed by atoms with Gasteiger partial charge in [-0.2, -0.15) is 0 Å². The van der Waals surface area contributed by atoms with E-state index in [1.165, 1.54) is 35.6 Å². The van der Waals surface area contributed by atoms with Crippen LogP contribution in [-0.4, -0.2) is 34.8 Å². The Balaban J connectivity index is 1.45. The van der Waals surface area contributed by atoms with E-state index in [2.05, 4.69) is 15.6 Å². The van der Waals surface area contributed by atoms with Crippen LogP contribution in [0.2, 0.25) is 0 Å². The smallest absolute Gasteiger partial charge is 0.338 e. The lowest BCUT2D eigenvalue weighted by Crippen LogP contribution is -2.32. The largest absolute Gasteiger partial charge is 0.459 e. The predicted octanol–water partition coefficient (Wildman–Crippen LogP) is 4.70. The first-order valence-corrected chi connectivity index (χ1v) is 12.1. The van der Waals surface area contributed by atoms with Crippen molar-refractivity contribution in [1.29, 1.82) is 0 Å². The summed E-state index contributed by atoms with van der Waals surface area (Å²) in [5.74, 6) is -2.18. The van der Waals surface area contributed by atoms with E-state index in [0.717, 1.165) is 10.6 Å². The summed E-state index contributed by atoms with van der Waals surface area (Å²) in [6, 6.07) is 12.2. The Hall–Kier alpha value is -4.02. The number of halogens is 1. The number of nitrogens with zero attached hydrogens (tertiary/aromatic N) is 2. The van der Waals surface area contributed by atoms with Gasteiger partial charge in [0.1, 0.15) is 10.7 Å². The van der Waals surface area contributed by atoms with Crippen LogP contribution in [0.1, 0.15) is 40.3 Å². The van der Waals surface area contributed by atoms with Crippen LogP contribution in [0.25, 0.3) is 0 Å². The number of aryl methyl sites for hydroxylation is 1. The topological polar surface area (TPSA) is 118 Å². The van der Waals surface area contributed by atoms with Gasteiger partial charge in [-0.25, -0.2) is 14.7 Å². The molecule has 1 aromatic heterocycles. The minimum Gasteiger partial charge on any atom is -0.459 e. The van der Waals surface area contributed by atoms with E-state index in [9.17, 15) is 19.2 Å². The zero-order valence-corrected chi connectivity index (χ0v) is 21.1.